The number of hydrazone groups is 1. The van der Waals surface area contributed by atoms with Crippen LogP contribution in [0.4, 0.5) is 4.39 Å². The number of sulfone groups is 1. The van der Waals surface area contributed by atoms with Crippen molar-refractivity contribution >= 4 is 27.4 Å². The summed E-state index contributed by atoms with van der Waals surface area (Å²) in [5.74, 6) is -1.30. The van der Waals surface area contributed by atoms with E-state index in [1.807, 2.05) is 0 Å². The fraction of sp³-hybridized carbons (Fsp3) is 0.438. The third-order valence-electron chi connectivity index (χ3n) is 4.27. The number of hydrogen-bond acceptors (Lipinski definition) is 5. The fourth-order valence-electron chi connectivity index (χ4n) is 2.91. The lowest BCUT2D eigenvalue weighted by atomic mass is 10.1. The molecular formula is C16H18FN3O4S. The Balaban J connectivity index is 1.68. The van der Waals surface area contributed by atoms with Crippen LogP contribution in [-0.2, 0) is 26.0 Å². The minimum Gasteiger partial charge on any atom is -0.347 e. The molecule has 0 spiro atoms. The lowest BCUT2D eigenvalue weighted by Crippen LogP contribution is -2.43. The fourth-order valence-corrected chi connectivity index (χ4v) is 4.60. The maximum Gasteiger partial charge on any atom is 0.267 e. The van der Waals surface area contributed by atoms with E-state index in [1.165, 1.54) is 6.07 Å². The van der Waals surface area contributed by atoms with Crippen LogP contribution in [0.15, 0.2) is 29.4 Å². The topological polar surface area (TPSA) is 95.9 Å². The van der Waals surface area contributed by atoms with E-state index in [0.29, 0.717) is 12.0 Å². The zero-order valence-corrected chi connectivity index (χ0v) is 14.3. The van der Waals surface area contributed by atoms with Gasteiger partial charge in [-0.1, -0.05) is 18.2 Å². The van der Waals surface area contributed by atoms with Gasteiger partial charge in [-0.05, 0) is 12.5 Å². The minimum atomic E-state index is -3.16. The Hall–Kier alpha value is -2.29. The van der Waals surface area contributed by atoms with Crippen LogP contribution < -0.4 is 5.32 Å². The number of nitrogens with one attached hydrogen (secondary N) is 1. The molecule has 1 saturated heterocycles. The van der Waals surface area contributed by atoms with Crippen molar-refractivity contribution in [3.05, 3.63) is 35.6 Å². The zero-order valence-electron chi connectivity index (χ0n) is 13.4. The molecule has 1 atom stereocenters. The molecule has 1 aromatic carbocycles. The second-order valence-corrected chi connectivity index (χ2v) is 8.34. The van der Waals surface area contributed by atoms with Crippen LogP contribution in [0.25, 0.3) is 0 Å². The van der Waals surface area contributed by atoms with E-state index in [1.54, 1.807) is 18.2 Å². The summed E-state index contributed by atoms with van der Waals surface area (Å²) in [5, 5.41) is 7.79. The number of carbonyl (C=O) groups is 2. The smallest absolute Gasteiger partial charge is 0.267 e. The molecule has 0 saturated carbocycles. The molecule has 2 heterocycles. The predicted octanol–water partition coefficient (Wildman–Crippen LogP) is 0.607. The van der Waals surface area contributed by atoms with Crippen LogP contribution in [0.1, 0.15) is 24.8 Å². The second-order valence-electron chi connectivity index (χ2n) is 6.12. The highest BCUT2D eigenvalue weighted by Gasteiger charge is 2.37. The van der Waals surface area contributed by atoms with Crippen molar-refractivity contribution in [1.82, 2.24) is 10.3 Å². The first kappa shape index (κ1) is 17.5. The molecular weight excluding hydrogens is 349 g/mol. The maximum atomic E-state index is 13.6. The molecule has 0 aromatic heterocycles. The predicted molar refractivity (Wildman–Crippen MR) is 88.8 cm³/mol. The largest absolute Gasteiger partial charge is 0.347 e. The standard InChI is InChI=1S/C16H18FN3O4S/c17-13-4-2-1-3-11(13)9-18-16(22)14-5-6-15(21)20(19-14)12-7-8-25(23,24)10-12/h1-4,12H,5-10H2,(H,18,22). The van der Waals surface area contributed by atoms with Gasteiger partial charge in [-0.2, -0.15) is 5.10 Å². The van der Waals surface area contributed by atoms with Crippen molar-refractivity contribution in [2.75, 3.05) is 11.5 Å². The van der Waals surface area contributed by atoms with E-state index in [9.17, 15) is 22.4 Å². The van der Waals surface area contributed by atoms with E-state index in [2.05, 4.69) is 10.4 Å². The Kier molecular flexibility index (Phi) is 4.85. The van der Waals surface area contributed by atoms with Crippen LogP contribution in [0, 0.1) is 5.82 Å². The van der Waals surface area contributed by atoms with Gasteiger partial charge in [0.1, 0.15) is 11.5 Å². The highest BCUT2D eigenvalue weighted by molar-refractivity contribution is 7.91. The second kappa shape index (κ2) is 6.91. The van der Waals surface area contributed by atoms with Crippen LogP contribution in [-0.4, -0.2) is 48.5 Å². The molecule has 1 unspecified atom stereocenters. The van der Waals surface area contributed by atoms with Crippen molar-refractivity contribution in [2.45, 2.75) is 31.8 Å². The van der Waals surface area contributed by atoms with Crippen LogP contribution in [0.2, 0.25) is 0 Å². The number of carbonyl (C=O) groups excluding carboxylic acids is 2. The van der Waals surface area contributed by atoms with Crippen molar-refractivity contribution in [1.29, 1.82) is 0 Å². The van der Waals surface area contributed by atoms with Gasteiger partial charge in [-0.3, -0.25) is 9.59 Å². The lowest BCUT2D eigenvalue weighted by Gasteiger charge is -2.27. The van der Waals surface area contributed by atoms with E-state index in [-0.39, 0.29) is 42.5 Å². The SMILES string of the molecule is O=C(NCc1ccccc1F)C1=NN(C2CCS(=O)(=O)C2)C(=O)CC1. The molecule has 25 heavy (non-hydrogen) atoms. The highest BCUT2D eigenvalue weighted by atomic mass is 32.2. The first-order valence-electron chi connectivity index (χ1n) is 7.97. The average molecular weight is 367 g/mol. The third kappa shape index (κ3) is 4.04. The molecule has 0 radical (unpaired) electrons. The minimum absolute atomic E-state index is 0.0102. The summed E-state index contributed by atoms with van der Waals surface area (Å²) < 4.78 is 36.8. The molecule has 1 aromatic rings. The van der Waals surface area contributed by atoms with E-state index >= 15 is 0 Å². The Bertz CT molecular complexity index is 838. The first-order chi connectivity index (χ1) is 11.9. The van der Waals surface area contributed by atoms with Crippen molar-refractivity contribution in [2.24, 2.45) is 5.10 Å². The van der Waals surface area contributed by atoms with Gasteiger partial charge >= 0.3 is 0 Å². The Morgan fingerprint density at radius 1 is 1.32 bits per heavy atom. The van der Waals surface area contributed by atoms with Crippen LogP contribution in [0.3, 0.4) is 0 Å². The molecule has 0 bridgehead atoms. The highest BCUT2D eigenvalue weighted by Crippen LogP contribution is 2.22. The van der Waals surface area contributed by atoms with E-state index < -0.39 is 27.6 Å². The normalized spacial score (nSPS) is 22.6. The molecule has 9 heteroatoms. The monoisotopic (exact) mass is 367 g/mol. The Labute approximate surface area is 144 Å². The maximum absolute atomic E-state index is 13.6. The van der Waals surface area contributed by atoms with Gasteiger partial charge in [-0.25, -0.2) is 17.8 Å². The molecule has 0 aliphatic carbocycles. The van der Waals surface area contributed by atoms with Crippen molar-refractivity contribution in [3.8, 4) is 0 Å². The summed E-state index contributed by atoms with van der Waals surface area (Å²) in [4.78, 5) is 24.3. The number of halogens is 1. The van der Waals surface area contributed by atoms with E-state index in [0.717, 1.165) is 5.01 Å². The summed E-state index contributed by atoms with van der Waals surface area (Å²) in [7, 11) is -3.16. The molecule has 2 aliphatic heterocycles. The first-order valence-corrected chi connectivity index (χ1v) is 9.79. The molecule has 134 valence electrons. The number of nitrogens with zero attached hydrogens (tertiary/aromatic N) is 2. The summed E-state index contributed by atoms with van der Waals surface area (Å²) >= 11 is 0. The van der Waals surface area contributed by atoms with Gasteiger partial charge in [0, 0.05) is 24.9 Å². The quantitative estimate of drug-likeness (QED) is 0.843. The molecule has 3 rings (SSSR count). The van der Waals surface area contributed by atoms with Crippen LogP contribution in [0.5, 0.6) is 0 Å². The lowest BCUT2D eigenvalue weighted by molar-refractivity contribution is -0.133. The number of amides is 2. The molecule has 7 nitrogen and oxygen atoms in total. The summed E-state index contributed by atoms with van der Waals surface area (Å²) in [6, 6.07) is 5.58. The molecule has 1 N–H and O–H groups in total. The van der Waals surface area contributed by atoms with Crippen LogP contribution >= 0.6 is 0 Å². The van der Waals surface area contributed by atoms with Gasteiger partial charge in [0.05, 0.1) is 17.5 Å². The average Bonchev–Trinajstić information content (AvgIpc) is 2.94. The van der Waals surface area contributed by atoms with Gasteiger partial charge in [0.2, 0.25) is 5.91 Å². The summed E-state index contributed by atoms with van der Waals surface area (Å²) in [5.41, 5.74) is 0.502. The Morgan fingerprint density at radius 2 is 2.08 bits per heavy atom. The number of benzene rings is 1. The number of rotatable bonds is 4. The molecule has 2 aliphatic rings. The van der Waals surface area contributed by atoms with Crippen molar-refractivity contribution < 1.29 is 22.4 Å². The van der Waals surface area contributed by atoms with Gasteiger partial charge in [-0.15, -0.1) is 0 Å². The van der Waals surface area contributed by atoms with Crippen molar-refractivity contribution in [3.63, 3.8) is 0 Å². The summed E-state index contributed by atoms with van der Waals surface area (Å²) in [6.45, 7) is 0.0102. The molecule has 1 fully saturated rings. The Morgan fingerprint density at radius 3 is 2.76 bits per heavy atom. The van der Waals surface area contributed by atoms with Gasteiger partial charge < -0.3 is 5.32 Å². The third-order valence-corrected chi connectivity index (χ3v) is 6.02. The number of hydrogen-bond donors (Lipinski definition) is 1. The molecule has 2 amide bonds. The zero-order chi connectivity index (χ0) is 18.0. The van der Waals surface area contributed by atoms with Gasteiger partial charge in [0.25, 0.3) is 5.91 Å². The van der Waals surface area contributed by atoms with E-state index in [4.69, 9.17) is 0 Å². The van der Waals surface area contributed by atoms with Gasteiger partial charge in [0.15, 0.2) is 9.84 Å². The summed E-state index contributed by atoms with van der Waals surface area (Å²) in [6.07, 6.45) is 0.599.